The predicted octanol–water partition coefficient (Wildman–Crippen LogP) is 3.39. The molecule has 1 aliphatic heterocycles. The van der Waals surface area contributed by atoms with Crippen LogP contribution in [0, 0.1) is 5.92 Å². The first kappa shape index (κ1) is 15.8. The van der Waals surface area contributed by atoms with E-state index in [0.717, 1.165) is 24.3 Å². The Hall–Kier alpha value is -1.06. The Morgan fingerprint density at radius 3 is 2.68 bits per heavy atom. The molecule has 0 radical (unpaired) electrons. The Bertz CT molecular complexity index is 468. The highest BCUT2D eigenvalue weighted by Gasteiger charge is 2.27. The van der Waals surface area contributed by atoms with Crippen LogP contribution < -0.4 is 4.74 Å². The van der Waals surface area contributed by atoms with Gasteiger partial charge in [-0.2, -0.15) is 0 Å². The Morgan fingerprint density at radius 2 is 1.95 bits per heavy atom. The Balaban J connectivity index is 1.49. The molecule has 2 atom stereocenters. The maximum absolute atomic E-state index is 5.32. The van der Waals surface area contributed by atoms with Crippen molar-refractivity contribution in [3.8, 4) is 5.75 Å². The van der Waals surface area contributed by atoms with Crippen molar-refractivity contribution in [2.75, 3.05) is 33.3 Å². The molecule has 0 N–H and O–H groups in total. The van der Waals surface area contributed by atoms with Crippen LogP contribution in [0.2, 0.25) is 0 Å². The van der Waals surface area contributed by atoms with Gasteiger partial charge in [-0.05, 0) is 36.5 Å². The summed E-state index contributed by atoms with van der Waals surface area (Å²) in [4.78, 5) is 5.33. The summed E-state index contributed by atoms with van der Waals surface area (Å²) in [5.74, 6) is 1.89. The first-order chi connectivity index (χ1) is 10.7. The molecule has 0 bridgehead atoms. The molecule has 1 saturated carbocycles. The minimum Gasteiger partial charge on any atom is -0.497 e. The summed E-state index contributed by atoms with van der Waals surface area (Å²) in [7, 11) is 1.74. The highest BCUT2D eigenvalue weighted by molar-refractivity contribution is 5.28. The third kappa shape index (κ3) is 4.02. The molecular formula is C19H30N2O. The van der Waals surface area contributed by atoms with E-state index in [1.165, 1.54) is 57.4 Å². The van der Waals surface area contributed by atoms with E-state index < -0.39 is 0 Å². The van der Waals surface area contributed by atoms with Crippen LogP contribution in [-0.2, 0) is 6.54 Å². The molecule has 3 rings (SSSR count). The lowest BCUT2D eigenvalue weighted by molar-refractivity contribution is 0.0659. The van der Waals surface area contributed by atoms with Crippen molar-refractivity contribution in [2.45, 2.75) is 45.2 Å². The molecular weight excluding hydrogens is 272 g/mol. The van der Waals surface area contributed by atoms with Gasteiger partial charge in [-0.1, -0.05) is 31.9 Å². The van der Waals surface area contributed by atoms with E-state index in [0.29, 0.717) is 0 Å². The predicted molar refractivity (Wildman–Crippen MR) is 91.3 cm³/mol. The van der Waals surface area contributed by atoms with Crippen molar-refractivity contribution in [1.29, 1.82) is 0 Å². The van der Waals surface area contributed by atoms with Crippen molar-refractivity contribution >= 4 is 0 Å². The minimum absolute atomic E-state index is 0.850. The van der Waals surface area contributed by atoms with Crippen LogP contribution in [0.1, 0.15) is 38.2 Å². The van der Waals surface area contributed by atoms with E-state index >= 15 is 0 Å². The van der Waals surface area contributed by atoms with Gasteiger partial charge >= 0.3 is 0 Å². The molecule has 3 nitrogen and oxygen atoms in total. The van der Waals surface area contributed by atoms with Crippen molar-refractivity contribution in [1.82, 2.24) is 9.80 Å². The van der Waals surface area contributed by atoms with Crippen molar-refractivity contribution in [2.24, 2.45) is 5.92 Å². The third-order valence-electron chi connectivity index (χ3n) is 5.37. The Morgan fingerprint density at radius 1 is 1.14 bits per heavy atom. The van der Waals surface area contributed by atoms with Crippen LogP contribution in [-0.4, -0.2) is 49.1 Å². The van der Waals surface area contributed by atoms with E-state index in [-0.39, 0.29) is 0 Å². The fourth-order valence-corrected chi connectivity index (χ4v) is 4.05. The Kier molecular flexibility index (Phi) is 5.37. The zero-order chi connectivity index (χ0) is 15.4. The van der Waals surface area contributed by atoms with Gasteiger partial charge in [-0.25, -0.2) is 0 Å². The van der Waals surface area contributed by atoms with Gasteiger partial charge in [0.25, 0.3) is 0 Å². The SMILES string of the molecule is COc1cccc(CN2CCN([C@H]3CCC[C@H](C)C3)CC2)c1. The average Bonchev–Trinajstić information content (AvgIpc) is 2.56. The van der Waals surface area contributed by atoms with Crippen LogP contribution in [0.5, 0.6) is 5.75 Å². The van der Waals surface area contributed by atoms with E-state index in [1.54, 1.807) is 7.11 Å². The maximum atomic E-state index is 5.32. The minimum atomic E-state index is 0.850. The van der Waals surface area contributed by atoms with Gasteiger partial charge in [0.1, 0.15) is 5.75 Å². The largest absolute Gasteiger partial charge is 0.497 e. The number of methoxy groups -OCH3 is 1. The topological polar surface area (TPSA) is 15.7 Å². The number of ether oxygens (including phenoxy) is 1. The monoisotopic (exact) mass is 302 g/mol. The summed E-state index contributed by atoms with van der Waals surface area (Å²) in [6.45, 7) is 8.34. The van der Waals surface area contributed by atoms with Gasteiger partial charge in [-0.3, -0.25) is 9.80 Å². The van der Waals surface area contributed by atoms with Crippen LogP contribution in [0.4, 0.5) is 0 Å². The zero-order valence-corrected chi connectivity index (χ0v) is 14.1. The first-order valence-corrected chi connectivity index (χ1v) is 8.84. The van der Waals surface area contributed by atoms with Crippen LogP contribution >= 0.6 is 0 Å². The van der Waals surface area contributed by atoms with Crippen LogP contribution in [0.3, 0.4) is 0 Å². The molecule has 122 valence electrons. The van der Waals surface area contributed by atoms with Gasteiger partial charge in [0.2, 0.25) is 0 Å². The van der Waals surface area contributed by atoms with Gasteiger partial charge in [0, 0.05) is 38.8 Å². The molecule has 2 aliphatic rings. The second kappa shape index (κ2) is 7.47. The van der Waals surface area contributed by atoms with Gasteiger partial charge in [-0.15, -0.1) is 0 Å². The lowest BCUT2D eigenvalue weighted by Gasteiger charge is -2.42. The molecule has 0 aromatic heterocycles. The molecule has 22 heavy (non-hydrogen) atoms. The number of piperazine rings is 1. The van der Waals surface area contributed by atoms with E-state index in [2.05, 4.69) is 34.9 Å². The second-order valence-electron chi connectivity index (χ2n) is 7.09. The molecule has 0 amide bonds. The molecule has 0 unspecified atom stereocenters. The number of hydrogen-bond donors (Lipinski definition) is 0. The molecule has 0 spiro atoms. The molecule has 1 saturated heterocycles. The van der Waals surface area contributed by atoms with E-state index in [9.17, 15) is 0 Å². The highest BCUT2D eigenvalue weighted by atomic mass is 16.5. The molecule has 1 heterocycles. The van der Waals surface area contributed by atoms with Gasteiger partial charge in [0.05, 0.1) is 7.11 Å². The molecule has 2 fully saturated rings. The summed E-state index contributed by atoms with van der Waals surface area (Å²) in [5, 5.41) is 0. The smallest absolute Gasteiger partial charge is 0.119 e. The summed E-state index contributed by atoms with van der Waals surface area (Å²) in [6, 6.07) is 9.33. The standard InChI is InChI=1S/C19H30N2O/c1-16-5-3-7-18(13-16)21-11-9-20(10-12-21)15-17-6-4-8-19(14-17)22-2/h4,6,8,14,16,18H,3,5,7,9-13,15H2,1-2H3/t16-,18-/m0/s1. The molecule has 1 aliphatic carbocycles. The fourth-order valence-electron chi connectivity index (χ4n) is 4.05. The second-order valence-corrected chi connectivity index (χ2v) is 7.09. The van der Waals surface area contributed by atoms with Crippen LogP contribution in [0.15, 0.2) is 24.3 Å². The van der Waals surface area contributed by atoms with Crippen molar-refractivity contribution < 1.29 is 4.74 Å². The van der Waals surface area contributed by atoms with Crippen molar-refractivity contribution in [3.63, 3.8) is 0 Å². The summed E-state index contributed by atoms with van der Waals surface area (Å²) in [5.41, 5.74) is 1.36. The summed E-state index contributed by atoms with van der Waals surface area (Å²) >= 11 is 0. The van der Waals surface area contributed by atoms with E-state index in [4.69, 9.17) is 4.74 Å². The van der Waals surface area contributed by atoms with Crippen molar-refractivity contribution in [3.05, 3.63) is 29.8 Å². The number of benzene rings is 1. The van der Waals surface area contributed by atoms with Gasteiger partial charge in [0.15, 0.2) is 0 Å². The first-order valence-electron chi connectivity index (χ1n) is 8.84. The molecule has 3 heteroatoms. The Labute approximate surface area is 135 Å². The third-order valence-corrected chi connectivity index (χ3v) is 5.37. The molecule has 1 aromatic carbocycles. The lowest BCUT2D eigenvalue weighted by atomic mass is 9.86. The average molecular weight is 302 g/mol. The zero-order valence-electron chi connectivity index (χ0n) is 14.1. The van der Waals surface area contributed by atoms with Gasteiger partial charge < -0.3 is 4.74 Å². The van der Waals surface area contributed by atoms with E-state index in [1.807, 2.05) is 6.07 Å². The summed E-state index contributed by atoms with van der Waals surface area (Å²) in [6.07, 6.45) is 5.69. The number of rotatable bonds is 4. The molecule has 1 aromatic rings. The normalized spacial score (nSPS) is 27.7. The lowest BCUT2D eigenvalue weighted by Crippen LogP contribution is -2.50. The summed E-state index contributed by atoms with van der Waals surface area (Å²) < 4.78 is 5.32. The fraction of sp³-hybridized carbons (Fsp3) is 0.684. The number of hydrogen-bond acceptors (Lipinski definition) is 3. The van der Waals surface area contributed by atoms with Crippen LogP contribution in [0.25, 0.3) is 0 Å². The number of nitrogens with zero attached hydrogens (tertiary/aromatic N) is 2. The highest BCUT2D eigenvalue weighted by Crippen LogP contribution is 2.28. The quantitative estimate of drug-likeness (QED) is 0.848. The maximum Gasteiger partial charge on any atom is 0.119 e.